The summed E-state index contributed by atoms with van der Waals surface area (Å²) in [6.07, 6.45) is 3.56. The van der Waals surface area contributed by atoms with E-state index in [0.717, 1.165) is 5.56 Å². The van der Waals surface area contributed by atoms with E-state index in [-0.39, 0.29) is 11.3 Å². The van der Waals surface area contributed by atoms with Crippen molar-refractivity contribution >= 4 is 29.0 Å². The van der Waals surface area contributed by atoms with Gasteiger partial charge in [0.1, 0.15) is 5.37 Å². The number of amides is 1. The fraction of sp³-hybridized carbons (Fsp3) is 0.231. The predicted molar refractivity (Wildman–Crippen MR) is 74.3 cm³/mol. The quantitative estimate of drug-likeness (QED) is 0.864. The summed E-state index contributed by atoms with van der Waals surface area (Å²) in [6, 6.07) is 8.06. The van der Waals surface area contributed by atoms with Crippen molar-refractivity contribution in [3.63, 3.8) is 0 Å². The van der Waals surface area contributed by atoms with Crippen molar-refractivity contribution in [3.8, 4) is 0 Å². The molecule has 1 aliphatic heterocycles. The van der Waals surface area contributed by atoms with Gasteiger partial charge in [0.2, 0.25) is 5.91 Å². The summed E-state index contributed by atoms with van der Waals surface area (Å²) >= 11 is 3.38. The van der Waals surface area contributed by atoms with Crippen LogP contribution >= 0.6 is 23.1 Å². The molecule has 2 aromatic heterocycles. The van der Waals surface area contributed by atoms with E-state index in [9.17, 15) is 4.79 Å². The molecule has 1 amide bonds. The topological polar surface area (TPSA) is 33.2 Å². The van der Waals surface area contributed by atoms with Gasteiger partial charge in [0, 0.05) is 17.3 Å². The molecule has 0 N–H and O–H groups in total. The van der Waals surface area contributed by atoms with Gasteiger partial charge in [0.05, 0.1) is 12.3 Å². The van der Waals surface area contributed by atoms with E-state index in [1.54, 1.807) is 35.5 Å². The maximum atomic E-state index is 12.0. The number of pyridine rings is 1. The Morgan fingerprint density at radius 2 is 2.17 bits per heavy atom. The second-order valence-electron chi connectivity index (χ2n) is 4.04. The van der Waals surface area contributed by atoms with Gasteiger partial charge in [-0.05, 0) is 29.1 Å². The molecule has 92 valence electrons. The van der Waals surface area contributed by atoms with Gasteiger partial charge in [-0.25, -0.2) is 0 Å². The second kappa shape index (κ2) is 5.12. The molecular formula is C13H12N2OS2. The maximum absolute atomic E-state index is 12.0. The lowest BCUT2D eigenvalue weighted by Crippen LogP contribution is -2.27. The van der Waals surface area contributed by atoms with Gasteiger partial charge < -0.3 is 4.90 Å². The second-order valence-corrected chi connectivity index (χ2v) is 6.15. The van der Waals surface area contributed by atoms with E-state index in [2.05, 4.69) is 11.1 Å². The first-order valence-corrected chi connectivity index (χ1v) is 7.61. The number of hydrogen-bond acceptors (Lipinski definition) is 4. The predicted octanol–water partition coefficient (Wildman–Crippen LogP) is 2.92. The number of aromatic nitrogens is 1. The highest BCUT2D eigenvalue weighted by molar-refractivity contribution is 8.00. The van der Waals surface area contributed by atoms with Gasteiger partial charge in [-0.3, -0.25) is 9.78 Å². The Kier molecular flexibility index (Phi) is 3.34. The van der Waals surface area contributed by atoms with Crippen molar-refractivity contribution in [2.75, 3.05) is 5.75 Å². The zero-order valence-electron chi connectivity index (χ0n) is 9.65. The summed E-state index contributed by atoms with van der Waals surface area (Å²) in [5.41, 5.74) is 1.15. The molecule has 1 aliphatic rings. The highest BCUT2D eigenvalue weighted by Crippen LogP contribution is 2.39. The van der Waals surface area contributed by atoms with E-state index in [4.69, 9.17) is 0 Å². The minimum atomic E-state index is 0.127. The molecule has 0 saturated carbocycles. The van der Waals surface area contributed by atoms with Gasteiger partial charge in [0.25, 0.3) is 0 Å². The van der Waals surface area contributed by atoms with Gasteiger partial charge >= 0.3 is 0 Å². The molecule has 18 heavy (non-hydrogen) atoms. The SMILES string of the molecule is O=C1CSC(c2ccncc2)N1Cc1cccs1. The molecule has 2 aromatic rings. The Hall–Kier alpha value is -1.33. The van der Waals surface area contributed by atoms with Crippen molar-refractivity contribution in [1.29, 1.82) is 0 Å². The summed E-state index contributed by atoms with van der Waals surface area (Å²) in [6.45, 7) is 0.705. The van der Waals surface area contributed by atoms with E-state index < -0.39 is 0 Å². The zero-order valence-corrected chi connectivity index (χ0v) is 11.3. The molecule has 0 aliphatic carbocycles. The lowest BCUT2D eigenvalue weighted by atomic mass is 10.2. The number of nitrogens with zero attached hydrogens (tertiary/aromatic N) is 2. The van der Waals surface area contributed by atoms with E-state index in [1.165, 1.54) is 4.88 Å². The van der Waals surface area contributed by atoms with Gasteiger partial charge in [-0.2, -0.15) is 0 Å². The third-order valence-corrected chi connectivity index (χ3v) is 4.98. The average molecular weight is 276 g/mol. The van der Waals surface area contributed by atoms with Crippen molar-refractivity contribution in [2.24, 2.45) is 0 Å². The van der Waals surface area contributed by atoms with Crippen LogP contribution in [0.1, 0.15) is 15.8 Å². The van der Waals surface area contributed by atoms with E-state index in [0.29, 0.717) is 12.3 Å². The Morgan fingerprint density at radius 1 is 1.33 bits per heavy atom. The number of carbonyl (C=O) groups excluding carboxylic acids is 1. The Labute approximate surface area is 114 Å². The molecule has 1 fully saturated rings. The van der Waals surface area contributed by atoms with Crippen LogP contribution in [-0.2, 0) is 11.3 Å². The van der Waals surface area contributed by atoms with E-state index >= 15 is 0 Å². The van der Waals surface area contributed by atoms with Crippen LogP contribution in [0, 0.1) is 0 Å². The molecule has 3 heterocycles. The zero-order chi connectivity index (χ0) is 12.4. The standard InChI is InChI=1S/C13H12N2OS2/c16-12-9-18-13(10-3-5-14-6-4-10)15(12)8-11-2-1-7-17-11/h1-7,13H,8-9H2. The molecule has 1 atom stereocenters. The molecule has 5 heteroatoms. The summed E-state index contributed by atoms with van der Waals surface area (Å²) in [5.74, 6) is 0.786. The van der Waals surface area contributed by atoms with Crippen LogP contribution in [0.25, 0.3) is 0 Å². The number of thiophene rings is 1. The lowest BCUT2D eigenvalue weighted by molar-refractivity contribution is -0.128. The lowest BCUT2D eigenvalue weighted by Gasteiger charge is -2.23. The Balaban J connectivity index is 1.84. The first-order valence-electron chi connectivity index (χ1n) is 5.68. The van der Waals surface area contributed by atoms with Crippen molar-refractivity contribution in [2.45, 2.75) is 11.9 Å². The molecule has 3 rings (SSSR count). The highest BCUT2D eigenvalue weighted by atomic mass is 32.2. The van der Waals surface area contributed by atoms with Crippen LogP contribution in [-0.4, -0.2) is 21.5 Å². The number of thioether (sulfide) groups is 1. The molecule has 0 bridgehead atoms. The maximum Gasteiger partial charge on any atom is 0.234 e. The monoisotopic (exact) mass is 276 g/mol. The van der Waals surface area contributed by atoms with Crippen molar-refractivity contribution in [1.82, 2.24) is 9.88 Å². The fourth-order valence-electron chi connectivity index (χ4n) is 2.00. The number of carbonyl (C=O) groups is 1. The molecule has 1 saturated heterocycles. The molecular weight excluding hydrogens is 264 g/mol. The molecule has 3 nitrogen and oxygen atoms in total. The summed E-state index contributed by atoms with van der Waals surface area (Å²) < 4.78 is 0. The van der Waals surface area contributed by atoms with Gasteiger partial charge in [0.15, 0.2) is 0 Å². The summed E-state index contributed by atoms with van der Waals surface area (Å²) in [4.78, 5) is 19.2. The van der Waals surface area contributed by atoms with Gasteiger partial charge in [-0.15, -0.1) is 23.1 Å². The Bertz CT molecular complexity index is 527. The molecule has 0 radical (unpaired) electrons. The number of hydrogen-bond donors (Lipinski definition) is 0. The largest absolute Gasteiger partial charge is 0.321 e. The van der Waals surface area contributed by atoms with Crippen LogP contribution < -0.4 is 0 Å². The molecule has 0 spiro atoms. The summed E-state index contributed by atoms with van der Waals surface area (Å²) in [7, 11) is 0. The van der Waals surface area contributed by atoms with Crippen LogP contribution in [0.5, 0.6) is 0 Å². The van der Waals surface area contributed by atoms with Crippen LogP contribution in [0.15, 0.2) is 42.0 Å². The van der Waals surface area contributed by atoms with Crippen molar-refractivity contribution < 1.29 is 4.79 Å². The fourth-order valence-corrected chi connectivity index (χ4v) is 3.89. The summed E-state index contributed by atoms with van der Waals surface area (Å²) in [5, 5.41) is 2.17. The van der Waals surface area contributed by atoms with Crippen LogP contribution in [0.3, 0.4) is 0 Å². The number of rotatable bonds is 3. The minimum absolute atomic E-state index is 0.127. The first-order chi connectivity index (χ1) is 8.84. The highest BCUT2D eigenvalue weighted by Gasteiger charge is 2.32. The van der Waals surface area contributed by atoms with Crippen LogP contribution in [0.2, 0.25) is 0 Å². The third-order valence-electron chi connectivity index (χ3n) is 2.87. The molecule has 0 aromatic carbocycles. The first kappa shape index (κ1) is 11.7. The average Bonchev–Trinajstić information content (AvgIpc) is 3.03. The van der Waals surface area contributed by atoms with E-state index in [1.807, 2.05) is 28.5 Å². The normalized spacial score (nSPS) is 19.4. The Morgan fingerprint density at radius 3 is 2.89 bits per heavy atom. The van der Waals surface area contributed by atoms with Gasteiger partial charge in [-0.1, -0.05) is 6.07 Å². The smallest absolute Gasteiger partial charge is 0.234 e. The van der Waals surface area contributed by atoms with Crippen molar-refractivity contribution in [3.05, 3.63) is 52.5 Å². The molecule has 1 unspecified atom stereocenters. The third kappa shape index (κ3) is 2.28. The minimum Gasteiger partial charge on any atom is -0.321 e. The van der Waals surface area contributed by atoms with Crippen LogP contribution in [0.4, 0.5) is 0 Å².